The maximum Gasteiger partial charge on any atom is 0.254 e. The Bertz CT molecular complexity index is 1100. The Balaban J connectivity index is 1.83. The fourth-order valence-corrected chi connectivity index (χ4v) is 3.52. The van der Waals surface area contributed by atoms with Gasteiger partial charge in [-0.3, -0.25) is 14.7 Å². The molecule has 0 fully saturated rings. The van der Waals surface area contributed by atoms with Crippen LogP contribution in [0.2, 0.25) is 0 Å². The quantitative estimate of drug-likeness (QED) is 0.747. The number of aryl methyl sites for hydroxylation is 1. The van der Waals surface area contributed by atoms with E-state index < -0.39 is 0 Å². The van der Waals surface area contributed by atoms with Gasteiger partial charge in [0.15, 0.2) is 0 Å². The third-order valence-corrected chi connectivity index (χ3v) is 4.96. The highest BCUT2D eigenvalue weighted by Gasteiger charge is 2.30. The fourth-order valence-electron chi connectivity index (χ4n) is 3.52. The van der Waals surface area contributed by atoms with E-state index in [1.54, 1.807) is 6.07 Å². The number of anilines is 1. The SMILES string of the molecule is CC(C)c1cc(C2=NCC(=O)N2c2ccc3c(ccn3C)c2)c(O)cc1O. The molecule has 6 nitrogen and oxygen atoms in total. The molecule has 3 aromatic rings. The van der Waals surface area contributed by atoms with Crippen molar-refractivity contribution in [3.63, 3.8) is 0 Å². The summed E-state index contributed by atoms with van der Waals surface area (Å²) in [7, 11) is 1.97. The molecule has 0 saturated carbocycles. The predicted octanol–water partition coefficient (Wildman–Crippen LogP) is 3.51. The van der Waals surface area contributed by atoms with Crippen molar-refractivity contribution >= 4 is 28.3 Å². The molecule has 27 heavy (non-hydrogen) atoms. The Morgan fingerprint density at radius 1 is 1.07 bits per heavy atom. The van der Waals surface area contributed by atoms with Crippen LogP contribution in [0.4, 0.5) is 5.69 Å². The lowest BCUT2D eigenvalue weighted by Gasteiger charge is -2.21. The molecular formula is C21H21N3O3. The van der Waals surface area contributed by atoms with Crippen LogP contribution in [0.15, 0.2) is 47.6 Å². The second-order valence-corrected chi connectivity index (χ2v) is 7.12. The third kappa shape index (κ3) is 2.73. The number of hydrogen-bond acceptors (Lipinski definition) is 4. The van der Waals surface area contributed by atoms with Crippen LogP contribution in [0, 0.1) is 0 Å². The number of hydrogen-bond donors (Lipinski definition) is 2. The molecule has 6 heteroatoms. The van der Waals surface area contributed by atoms with E-state index in [9.17, 15) is 15.0 Å². The van der Waals surface area contributed by atoms with Gasteiger partial charge in [-0.15, -0.1) is 0 Å². The van der Waals surface area contributed by atoms with Gasteiger partial charge in [0, 0.05) is 30.2 Å². The van der Waals surface area contributed by atoms with Gasteiger partial charge in [-0.1, -0.05) is 13.8 Å². The molecule has 0 aliphatic carbocycles. The second-order valence-electron chi connectivity index (χ2n) is 7.12. The molecule has 1 aromatic heterocycles. The molecule has 2 N–H and O–H groups in total. The lowest BCUT2D eigenvalue weighted by molar-refractivity contribution is -0.115. The molecule has 0 unspecified atom stereocenters. The summed E-state index contributed by atoms with van der Waals surface area (Å²) in [5, 5.41) is 21.5. The first-order chi connectivity index (χ1) is 12.9. The third-order valence-electron chi connectivity index (χ3n) is 4.96. The van der Waals surface area contributed by atoms with Crippen molar-refractivity contribution in [2.45, 2.75) is 19.8 Å². The summed E-state index contributed by atoms with van der Waals surface area (Å²) in [5.41, 5.74) is 2.91. The average molecular weight is 363 g/mol. The van der Waals surface area contributed by atoms with Crippen molar-refractivity contribution in [1.29, 1.82) is 0 Å². The van der Waals surface area contributed by atoms with Crippen LogP contribution in [0.3, 0.4) is 0 Å². The number of phenolic OH excluding ortho intramolecular Hbond substituents is 2. The summed E-state index contributed by atoms with van der Waals surface area (Å²) in [6.07, 6.45) is 1.97. The van der Waals surface area contributed by atoms with E-state index in [0.29, 0.717) is 22.6 Å². The van der Waals surface area contributed by atoms with E-state index >= 15 is 0 Å². The lowest BCUT2D eigenvalue weighted by Crippen LogP contribution is -2.33. The van der Waals surface area contributed by atoms with Crippen molar-refractivity contribution in [2.75, 3.05) is 11.4 Å². The van der Waals surface area contributed by atoms with Crippen LogP contribution in [0.1, 0.15) is 30.9 Å². The zero-order chi connectivity index (χ0) is 19.3. The topological polar surface area (TPSA) is 78.1 Å². The molecule has 4 rings (SSSR count). The van der Waals surface area contributed by atoms with Crippen LogP contribution in [0.25, 0.3) is 10.9 Å². The number of aliphatic imine (C=N–C) groups is 1. The van der Waals surface area contributed by atoms with Crippen LogP contribution >= 0.6 is 0 Å². The van der Waals surface area contributed by atoms with Gasteiger partial charge in [-0.2, -0.15) is 0 Å². The normalized spacial score (nSPS) is 14.4. The number of aromatic nitrogens is 1. The van der Waals surface area contributed by atoms with Crippen LogP contribution < -0.4 is 4.90 Å². The van der Waals surface area contributed by atoms with Crippen molar-refractivity contribution in [3.8, 4) is 11.5 Å². The highest BCUT2D eigenvalue weighted by Crippen LogP contribution is 2.35. The first kappa shape index (κ1) is 17.1. The smallest absolute Gasteiger partial charge is 0.254 e. The minimum atomic E-state index is -0.154. The molecule has 2 aromatic carbocycles. The first-order valence-corrected chi connectivity index (χ1v) is 8.85. The first-order valence-electron chi connectivity index (χ1n) is 8.85. The van der Waals surface area contributed by atoms with E-state index in [2.05, 4.69) is 4.99 Å². The maximum atomic E-state index is 12.6. The monoisotopic (exact) mass is 363 g/mol. The van der Waals surface area contributed by atoms with Gasteiger partial charge < -0.3 is 14.8 Å². The minimum Gasteiger partial charge on any atom is -0.508 e. The predicted molar refractivity (Wildman–Crippen MR) is 106 cm³/mol. The van der Waals surface area contributed by atoms with Gasteiger partial charge in [0.1, 0.15) is 23.9 Å². The van der Waals surface area contributed by atoms with E-state index in [4.69, 9.17) is 0 Å². The zero-order valence-electron chi connectivity index (χ0n) is 15.5. The molecule has 1 aliphatic rings. The van der Waals surface area contributed by atoms with Crippen molar-refractivity contribution in [3.05, 3.63) is 53.7 Å². The zero-order valence-corrected chi connectivity index (χ0v) is 15.5. The van der Waals surface area contributed by atoms with Gasteiger partial charge in [0.05, 0.1) is 11.3 Å². The number of nitrogens with zero attached hydrogens (tertiary/aromatic N) is 3. The van der Waals surface area contributed by atoms with E-state index in [-0.39, 0.29) is 29.9 Å². The number of fused-ring (bicyclic) bond motifs is 1. The van der Waals surface area contributed by atoms with E-state index in [1.165, 1.54) is 11.0 Å². The molecule has 1 aliphatic heterocycles. The Morgan fingerprint density at radius 2 is 1.85 bits per heavy atom. The van der Waals surface area contributed by atoms with Crippen molar-refractivity contribution in [2.24, 2.45) is 12.0 Å². The number of amidine groups is 1. The molecule has 2 heterocycles. The number of carbonyl (C=O) groups is 1. The highest BCUT2D eigenvalue weighted by atomic mass is 16.3. The minimum absolute atomic E-state index is 0.0273. The van der Waals surface area contributed by atoms with Crippen LogP contribution in [0.5, 0.6) is 11.5 Å². The van der Waals surface area contributed by atoms with Gasteiger partial charge >= 0.3 is 0 Å². The van der Waals surface area contributed by atoms with Gasteiger partial charge in [-0.25, -0.2) is 0 Å². The summed E-state index contributed by atoms with van der Waals surface area (Å²) in [6, 6.07) is 10.8. The number of benzene rings is 2. The van der Waals surface area contributed by atoms with Gasteiger partial charge in [0.2, 0.25) is 0 Å². The fraction of sp³-hybridized carbons (Fsp3) is 0.238. The number of amides is 1. The Kier molecular flexibility index (Phi) is 3.91. The molecule has 0 radical (unpaired) electrons. The second kappa shape index (κ2) is 6.16. The largest absolute Gasteiger partial charge is 0.508 e. The summed E-state index contributed by atoms with van der Waals surface area (Å²) >= 11 is 0. The average Bonchev–Trinajstić information content (AvgIpc) is 3.17. The Labute approximate surface area is 157 Å². The summed E-state index contributed by atoms with van der Waals surface area (Å²) in [6.45, 7) is 3.94. The number of carbonyl (C=O) groups excluding carboxylic acids is 1. The molecule has 138 valence electrons. The molecule has 0 saturated heterocycles. The number of aromatic hydroxyl groups is 2. The molecule has 0 atom stereocenters. The summed E-state index contributed by atoms with van der Waals surface area (Å²) in [5.74, 6) is 0.245. The Morgan fingerprint density at radius 3 is 2.59 bits per heavy atom. The molecular weight excluding hydrogens is 342 g/mol. The number of rotatable bonds is 3. The van der Waals surface area contributed by atoms with Crippen molar-refractivity contribution < 1.29 is 15.0 Å². The summed E-state index contributed by atoms with van der Waals surface area (Å²) in [4.78, 5) is 18.5. The van der Waals surface area contributed by atoms with Crippen LogP contribution in [-0.4, -0.2) is 33.1 Å². The van der Waals surface area contributed by atoms with Gasteiger partial charge in [0.25, 0.3) is 5.91 Å². The van der Waals surface area contributed by atoms with Crippen LogP contribution in [-0.2, 0) is 11.8 Å². The highest BCUT2D eigenvalue weighted by molar-refractivity contribution is 6.28. The standard InChI is InChI=1S/C21H21N3O3/c1-12(2)15-9-16(19(26)10-18(15)25)21-22-11-20(27)24(21)14-4-5-17-13(8-14)6-7-23(17)3/h4-10,12,25-26H,11H2,1-3H3. The lowest BCUT2D eigenvalue weighted by atomic mass is 9.98. The molecule has 1 amide bonds. The summed E-state index contributed by atoms with van der Waals surface area (Å²) < 4.78 is 2.01. The number of phenols is 2. The van der Waals surface area contributed by atoms with E-state index in [0.717, 1.165) is 10.9 Å². The Hall–Kier alpha value is -3.28. The molecule has 0 bridgehead atoms. The van der Waals surface area contributed by atoms with Crippen molar-refractivity contribution in [1.82, 2.24) is 4.57 Å². The van der Waals surface area contributed by atoms with Gasteiger partial charge in [-0.05, 0) is 41.8 Å². The molecule has 0 spiro atoms. The van der Waals surface area contributed by atoms with E-state index in [1.807, 2.05) is 55.9 Å². The maximum absolute atomic E-state index is 12.6.